The number of rotatable bonds is 12. The fraction of sp³-hybridized carbons (Fsp3) is 0.920. The summed E-state index contributed by atoms with van der Waals surface area (Å²) >= 11 is 0. The molecule has 2 aliphatic carbocycles. The van der Waals surface area contributed by atoms with E-state index in [0.717, 1.165) is 57.3 Å². The molecule has 168 valence electrons. The molecule has 4 heteroatoms. The highest BCUT2D eigenvalue weighted by molar-refractivity contribution is 5.75. The zero-order valence-corrected chi connectivity index (χ0v) is 19.0. The third-order valence-corrected chi connectivity index (χ3v) is 6.65. The molecule has 0 heterocycles. The molecule has 2 fully saturated rings. The van der Waals surface area contributed by atoms with Gasteiger partial charge in [0.05, 0.1) is 18.4 Å². The van der Waals surface area contributed by atoms with Crippen LogP contribution in [0.15, 0.2) is 0 Å². The van der Waals surface area contributed by atoms with Gasteiger partial charge in [0.25, 0.3) is 0 Å². The summed E-state index contributed by atoms with van der Waals surface area (Å²) in [4.78, 5) is 24.7. The van der Waals surface area contributed by atoms with Crippen LogP contribution in [0.25, 0.3) is 0 Å². The summed E-state index contributed by atoms with van der Waals surface area (Å²) in [5.41, 5.74) is 0. The van der Waals surface area contributed by atoms with E-state index in [0.29, 0.717) is 6.61 Å². The van der Waals surface area contributed by atoms with Crippen LogP contribution in [-0.2, 0) is 19.1 Å². The normalized spacial score (nSPS) is 23.1. The molecule has 0 saturated heterocycles. The molecule has 0 atom stereocenters. The molecule has 0 aliphatic heterocycles. The Bertz CT molecular complexity index is 459. The number of ether oxygens (including phenoxy) is 2. The van der Waals surface area contributed by atoms with Crippen LogP contribution in [0, 0.1) is 17.8 Å². The van der Waals surface area contributed by atoms with Crippen molar-refractivity contribution >= 4 is 11.9 Å². The smallest absolute Gasteiger partial charge is 0.309 e. The second kappa shape index (κ2) is 14.0. The number of unbranched alkanes of at least 4 members (excludes halogenated alkanes) is 5. The Morgan fingerprint density at radius 2 is 1.28 bits per heavy atom. The van der Waals surface area contributed by atoms with Gasteiger partial charge in [0.2, 0.25) is 0 Å². The minimum Gasteiger partial charge on any atom is -0.465 e. The molecule has 0 N–H and O–H groups in total. The van der Waals surface area contributed by atoms with Gasteiger partial charge in [-0.1, -0.05) is 58.8 Å². The maximum atomic E-state index is 12.4. The van der Waals surface area contributed by atoms with Gasteiger partial charge in [0, 0.05) is 0 Å². The minimum absolute atomic E-state index is 0.0170. The van der Waals surface area contributed by atoms with Gasteiger partial charge in [-0.15, -0.1) is 0 Å². The SMILES string of the molecule is CC(C)CCCCCCCCOC(=O)C1CCC(C(=O)OC2CCCCC2)CC1. The van der Waals surface area contributed by atoms with Crippen LogP contribution in [0.2, 0.25) is 0 Å². The van der Waals surface area contributed by atoms with E-state index in [1.165, 1.54) is 51.4 Å². The standard InChI is InChI=1S/C25H44O4/c1-20(2)12-8-5-3-4-6-11-19-28-24(26)21-15-17-22(18-16-21)25(27)29-23-13-9-7-10-14-23/h20-23H,3-19H2,1-2H3. The van der Waals surface area contributed by atoms with Crippen molar-refractivity contribution in [1.29, 1.82) is 0 Å². The Kier molecular flexibility index (Phi) is 11.7. The van der Waals surface area contributed by atoms with Crippen LogP contribution in [-0.4, -0.2) is 24.6 Å². The molecule has 4 nitrogen and oxygen atoms in total. The molecular weight excluding hydrogens is 364 g/mol. The van der Waals surface area contributed by atoms with Crippen molar-refractivity contribution in [3.8, 4) is 0 Å². The molecule has 0 aromatic rings. The molecule has 29 heavy (non-hydrogen) atoms. The summed E-state index contributed by atoms with van der Waals surface area (Å²) < 4.78 is 11.2. The molecule has 2 aliphatic rings. The molecule has 2 saturated carbocycles. The van der Waals surface area contributed by atoms with Crippen molar-refractivity contribution < 1.29 is 19.1 Å². The van der Waals surface area contributed by atoms with E-state index < -0.39 is 0 Å². The van der Waals surface area contributed by atoms with E-state index in [1.807, 2.05) is 0 Å². The highest BCUT2D eigenvalue weighted by Gasteiger charge is 2.32. The molecule has 0 radical (unpaired) electrons. The van der Waals surface area contributed by atoms with Crippen LogP contribution in [0.4, 0.5) is 0 Å². The van der Waals surface area contributed by atoms with E-state index >= 15 is 0 Å². The number of carbonyl (C=O) groups is 2. The molecule has 0 aromatic heterocycles. The van der Waals surface area contributed by atoms with Crippen molar-refractivity contribution in [1.82, 2.24) is 0 Å². The zero-order valence-electron chi connectivity index (χ0n) is 19.0. The van der Waals surface area contributed by atoms with Gasteiger partial charge >= 0.3 is 11.9 Å². The molecular formula is C25H44O4. The maximum absolute atomic E-state index is 12.4. The molecule has 0 aromatic carbocycles. The first kappa shape index (κ1) is 24.2. The van der Waals surface area contributed by atoms with E-state index in [-0.39, 0.29) is 29.9 Å². The molecule has 2 rings (SSSR count). The summed E-state index contributed by atoms with van der Waals surface area (Å²) in [7, 11) is 0. The molecule has 0 bridgehead atoms. The van der Waals surface area contributed by atoms with Gasteiger partial charge in [-0.3, -0.25) is 9.59 Å². The van der Waals surface area contributed by atoms with E-state index in [9.17, 15) is 9.59 Å². The first-order valence-corrected chi connectivity index (χ1v) is 12.4. The molecule has 0 unspecified atom stereocenters. The number of hydrogen-bond acceptors (Lipinski definition) is 4. The Hall–Kier alpha value is -1.06. The number of esters is 2. The lowest BCUT2D eigenvalue weighted by molar-refractivity contribution is -0.159. The Morgan fingerprint density at radius 1 is 0.724 bits per heavy atom. The summed E-state index contributed by atoms with van der Waals surface area (Å²) in [6.45, 7) is 5.11. The highest BCUT2D eigenvalue weighted by atomic mass is 16.5. The van der Waals surface area contributed by atoms with Crippen LogP contribution in [0.3, 0.4) is 0 Å². The van der Waals surface area contributed by atoms with Gasteiger partial charge in [0.15, 0.2) is 0 Å². The lowest BCUT2D eigenvalue weighted by Crippen LogP contribution is -2.31. The highest BCUT2D eigenvalue weighted by Crippen LogP contribution is 2.32. The fourth-order valence-electron chi connectivity index (χ4n) is 4.66. The third kappa shape index (κ3) is 10.00. The quantitative estimate of drug-likeness (QED) is 0.270. The third-order valence-electron chi connectivity index (χ3n) is 6.65. The summed E-state index contributed by atoms with van der Waals surface area (Å²) in [5, 5.41) is 0. The zero-order chi connectivity index (χ0) is 20.9. The van der Waals surface area contributed by atoms with E-state index in [1.54, 1.807) is 0 Å². The number of carbonyl (C=O) groups excluding carboxylic acids is 2. The second-order valence-corrected chi connectivity index (χ2v) is 9.72. The van der Waals surface area contributed by atoms with Gasteiger partial charge < -0.3 is 9.47 Å². The Labute approximate surface area is 178 Å². The fourth-order valence-corrected chi connectivity index (χ4v) is 4.66. The first-order chi connectivity index (χ1) is 14.1. The van der Waals surface area contributed by atoms with Gasteiger partial charge in [0.1, 0.15) is 6.10 Å². The van der Waals surface area contributed by atoms with Crippen molar-refractivity contribution in [2.45, 2.75) is 123 Å². The first-order valence-electron chi connectivity index (χ1n) is 12.4. The van der Waals surface area contributed by atoms with Crippen molar-refractivity contribution in [2.75, 3.05) is 6.61 Å². The molecule has 0 spiro atoms. The number of hydrogen-bond donors (Lipinski definition) is 0. The van der Waals surface area contributed by atoms with Gasteiger partial charge in [-0.2, -0.15) is 0 Å². The Balaban J connectivity index is 1.48. The Morgan fingerprint density at radius 3 is 1.90 bits per heavy atom. The van der Waals surface area contributed by atoms with Gasteiger partial charge in [-0.05, 0) is 63.7 Å². The van der Waals surface area contributed by atoms with Crippen molar-refractivity contribution in [3.63, 3.8) is 0 Å². The van der Waals surface area contributed by atoms with Crippen LogP contribution < -0.4 is 0 Å². The summed E-state index contributed by atoms with van der Waals surface area (Å²) in [6.07, 6.45) is 17.5. The average Bonchev–Trinajstić information content (AvgIpc) is 2.73. The van der Waals surface area contributed by atoms with Crippen molar-refractivity contribution in [2.24, 2.45) is 17.8 Å². The van der Waals surface area contributed by atoms with Crippen LogP contribution in [0.1, 0.15) is 117 Å². The predicted octanol–water partition coefficient (Wildman–Crippen LogP) is 6.60. The van der Waals surface area contributed by atoms with E-state index in [4.69, 9.17) is 9.47 Å². The lowest BCUT2D eigenvalue weighted by atomic mass is 9.82. The van der Waals surface area contributed by atoms with Gasteiger partial charge in [-0.25, -0.2) is 0 Å². The lowest BCUT2D eigenvalue weighted by Gasteiger charge is -2.28. The monoisotopic (exact) mass is 408 g/mol. The summed E-state index contributed by atoms with van der Waals surface area (Å²) in [6, 6.07) is 0. The predicted molar refractivity (Wildman–Crippen MR) is 117 cm³/mol. The van der Waals surface area contributed by atoms with Crippen LogP contribution >= 0.6 is 0 Å². The molecule has 0 amide bonds. The van der Waals surface area contributed by atoms with E-state index in [2.05, 4.69) is 13.8 Å². The minimum atomic E-state index is -0.0546. The second-order valence-electron chi connectivity index (χ2n) is 9.72. The average molecular weight is 409 g/mol. The maximum Gasteiger partial charge on any atom is 0.309 e. The largest absolute Gasteiger partial charge is 0.465 e. The topological polar surface area (TPSA) is 52.6 Å². The summed E-state index contributed by atoms with van der Waals surface area (Å²) in [5.74, 6) is 0.687. The van der Waals surface area contributed by atoms with Crippen molar-refractivity contribution in [3.05, 3.63) is 0 Å². The van der Waals surface area contributed by atoms with Crippen LogP contribution in [0.5, 0.6) is 0 Å².